The monoisotopic (exact) mass is 351 g/mol. The van der Waals surface area contributed by atoms with E-state index in [1.54, 1.807) is 6.92 Å². The summed E-state index contributed by atoms with van der Waals surface area (Å²) in [6.07, 6.45) is 0. The number of nitrogens with zero attached hydrogens (tertiary/aromatic N) is 2. The Morgan fingerprint density at radius 1 is 1.29 bits per heavy atom. The molecule has 0 fully saturated rings. The summed E-state index contributed by atoms with van der Waals surface area (Å²) in [7, 11) is 0. The number of primary amides is 1. The summed E-state index contributed by atoms with van der Waals surface area (Å²) in [6.45, 7) is 1.26. The van der Waals surface area contributed by atoms with Crippen LogP contribution in [0.2, 0.25) is 5.15 Å². The van der Waals surface area contributed by atoms with Crippen LogP contribution in [0.1, 0.15) is 21.7 Å². The summed E-state index contributed by atoms with van der Waals surface area (Å²) >= 11 is 6.10. The van der Waals surface area contributed by atoms with Crippen LogP contribution in [0.4, 0.5) is 8.78 Å². The highest BCUT2D eigenvalue weighted by Gasteiger charge is 2.19. The summed E-state index contributed by atoms with van der Waals surface area (Å²) in [5.74, 6) is -1.90. The lowest BCUT2D eigenvalue weighted by molar-refractivity contribution is 0.0994. The van der Waals surface area contributed by atoms with Gasteiger partial charge in [-0.2, -0.15) is 0 Å². The van der Waals surface area contributed by atoms with Crippen molar-refractivity contribution in [1.82, 2.24) is 9.38 Å². The van der Waals surface area contributed by atoms with Crippen molar-refractivity contribution in [2.45, 2.75) is 13.5 Å². The van der Waals surface area contributed by atoms with Gasteiger partial charge in [-0.05, 0) is 31.2 Å². The van der Waals surface area contributed by atoms with E-state index in [9.17, 15) is 13.6 Å². The van der Waals surface area contributed by atoms with Crippen LogP contribution in [0.3, 0.4) is 0 Å². The molecule has 0 aliphatic carbocycles. The molecule has 0 radical (unpaired) electrons. The molecular formula is C16H12ClF2N3O2. The van der Waals surface area contributed by atoms with Crippen LogP contribution < -0.4 is 10.5 Å². The van der Waals surface area contributed by atoms with E-state index in [1.165, 1.54) is 22.6 Å². The van der Waals surface area contributed by atoms with Gasteiger partial charge in [0.2, 0.25) is 0 Å². The van der Waals surface area contributed by atoms with Crippen molar-refractivity contribution < 1.29 is 18.3 Å². The number of hydrogen-bond acceptors (Lipinski definition) is 3. The molecule has 0 saturated heterocycles. The standard InChI is InChI=1S/C16H12ClF2N3O2/c1-8-14(15(20)23)22-13(17)6-5-12(16(22)21-8)24-7-9-10(18)3-2-4-11(9)19/h2-6H,7H2,1H3,(H2,20,23). The second-order valence-corrected chi connectivity index (χ2v) is 5.47. The first kappa shape index (κ1) is 16.2. The molecule has 0 atom stereocenters. The van der Waals surface area contributed by atoms with Crippen molar-refractivity contribution in [3.8, 4) is 5.75 Å². The molecule has 8 heteroatoms. The summed E-state index contributed by atoms with van der Waals surface area (Å²) in [6, 6.07) is 6.54. The first-order valence-electron chi connectivity index (χ1n) is 6.93. The lowest BCUT2D eigenvalue weighted by Gasteiger charge is -2.10. The third kappa shape index (κ3) is 2.67. The molecule has 0 unspecified atom stereocenters. The molecule has 5 nitrogen and oxygen atoms in total. The summed E-state index contributed by atoms with van der Waals surface area (Å²) in [5.41, 5.74) is 5.88. The summed E-state index contributed by atoms with van der Waals surface area (Å²) < 4.78 is 34.2. The molecular weight excluding hydrogens is 340 g/mol. The molecule has 2 N–H and O–H groups in total. The number of rotatable bonds is 4. The molecule has 0 aliphatic heterocycles. The van der Waals surface area contributed by atoms with E-state index in [2.05, 4.69) is 4.98 Å². The fraction of sp³-hybridized carbons (Fsp3) is 0.125. The number of pyridine rings is 1. The van der Waals surface area contributed by atoms with Crippen LogP contribution in [-0.2, 0) is 6.61 Å². The van der Waals surface area contributed by atoms with E-state index in [4.69, 9.17) is 22.1 Å². The van der Waals surface area contributed by atoms with Gasteiger partial charge in [0.1, 0.15) is 29.1 Å². The fourth-order valence-corrected chi connectivity index (χ4v) is 2.65. The Morgan fingerprint density at radius 3 is 2.58 bits per heavy atom. The van der Waals surface area contributed by atoms with E-state index in [0.29, 0.717) is 5.69 Å². The van der Waals surface area contributed by atoms with Crippen LogP contribution in [0.5, 0.6) is 5.75 Å². The maximum atomic E-state index is 13.7. The molecule has 3 aromatic rings. The Morgan fingerprint density at radius 2 is 1.96 bits per heavy atom. The van der Waals surface area contributed by atoms with Gasteiger partial charge in [-0.3, -0.25) is 9.20 Å². The Kier molecular flexibility index (Phi) is 4.11. The van der Waals surface area contributed by atoms with Crippen LogP contribution in [0.25, 0.3) is 5.65 Å². The number of carbonyl (C=O) groups excluding carboxylic acids is 1. The van der Waals surface area contributed by atoms with Crippen molar-refractivity contribution in [3.63, 3.8) is 0 Å². The first-order chi connectivity index (χ1) is 11.4. The Labute approximate surface area is 140 Å². The minimum Gasteiger partial charge on any atom is -0.485 e. The van der Waals surface area contributed by atoms with Gasteiger partial charge < -0.3 is 10.5 Å². The van der Waals surface area contributed by atoms with Gasteiger partial charge in [-0.25, -0.2) is 13.8 Å². The van der Waals surface area contributed by atoms with Gasteiger partial charge in [-0.1, -0.05) is 17.7 Å². The van der Waals surface area contributed by atoms with E-state index in [-0.39, 0.29) is 34.4 Å². The number of aromatic nitrogens is 2. The quantitative estimate of drug-likeness (QED) is 0.733. The number of benzene rings is 1. The number of fused-ring (bicyclic) bond motifs is 1. The number of halogens is 3. The zero-order chi connectivity index (χ0) is 17.4. The van der Waals surface area contributed by atoms with Crippen LogP contribution in [-0.4, -0.2) is 15.3 Å². The fourth-order valence-electron chi connectivity index (χ4n) is 2.42. The first-order valence-corrected chi connectivity index (χ1v) is 7.31. The highest BCUT2D eigenvalue weighted by atomic mass is 35.5. The number of amides is 1. The smallest absolute Gasteiger partial charge is 0.267 e. The SMILES string of the molecule is Cc1nc2c(OCc3c(F)cccc3F)ccc(Cl)n2c1C(N)=O. The minimum absolute atomic E-state index is 0.123. The van der Waals surface area contributed by atoms with Gasteiger partial charge in [0.25, 0.3) is 5.91 Å². The van der Waals surface area contributed by atoms with Crippen LogP contribution in [0.15, 0.2) is 30.3 Å². The molecule has 2 heterocycles. The zero-order valence-electron chi connectivity index (χ0n) is 12.5. The second kappa shape index (κ2) is 6.09. The second-order valence-electron chi connectivity index (χ2n) is 5.08. The van der Waals surface area contributed by atoms with Gasteiger partial charge in [-0.15, -0.1) is 0 Å². The molecule has 0 aliphatic rings. The Balaban J connectivity index is 2.04. The van der Waals surface area contributed by atoms with Gasteiger partial charge in [0, 0.05) is 0 Å². The highest BCUT2D eigenvalue weighted by Crippen LogP contribution is 2.27. The van der Waals surface area contributed by atoms with Crippen LogP contribution >= 0.6 is 11.6 Å². The topological polar surface area (TPSA) is 69.6 Å². The predicted octanol–water partition coefficient (Wildman–Crippen LogP) is 3.25. The Bertz CT molecular complexity index is 936. The third-order valence-electron chi connectivity index (χ3n) is 3.53. The number of aryl methyl sites for hydroxylation is 1. The van der Waals surface area contributed by atoms with Gasteiger partial charge >= 0.3 is 0 Å². The Hall–Kier alpha value is -2.67. The van der Waals surface area contributed by atoms with Crippen molar-refractivity contribution in [1.29, 1.82) is 0 Å². The maximum absolute atomic E-state index is 13.7. The van der Waals surface area contributed by atoms with Crippen molar-refractivity contribution in [2.24, 2.45) is 5.73 Å². The van der Waals surface area contributed by atoms with Gasteiger partial charge in [0.05, 0.1) is 11.3 Å². The van der Waals surface area contributed by atoms with E-state index < -0.39 is 17.5 Å². The average molecular weight is 352 g/mol. The van der Waals surface area contributed by atoms with E-state index in [1.807, 2.05) is 0 Å². The highest BCUT2D eigenvalue weighted by molar-refractivity contribution is 6.30. The van der Waals surface area contributed by atoms with E-state index >= 15 is 0 Å². The largest absolute Gasteiger partial charge is 0.485 e. The zero-order valence-corrected chi connectivity index (χ0v) is 13.3. The molecule has 0 bridgehead atoms. The van der Waals surface area contributed by atoms with Crippen molar-refractivity contribution in [2.75, 3.05) is 0 Å². The molecule has 3 rings (SSSR count). The maximum Gasteiger partial charge on any atom is 0.267 e. The molecule has 24 heavy (non-hydrogen) atoms. The van der Waals surface area contributed by atoms with Gasteiger partial charge in [0.15, 0.2) is 11.4 Å². The molecule has 0 spiro atoms. The number of ether oxygens (including phenoxy) is 1. The molecule has 1 amide bonds. The summed E-state index contributed by atoms with van der Waals surface area (Å²) in [5, 5.41) is 0.212. The molecule has 1 aromatic carbocycles. The normalized spacial score (nSPS) is 11.0. The number of nitrogens with two attached hydrogens (primary N) is 1. The van der Waals surface area contributed by atoms with Crippen LogP contribution in [0, 0.1) is 18.6 Å². The molecule has 124 valence electrons. The minimum atomic E-state index is -0.711. The lowest BCUT2D eigenvalue weighted by atomic mass is 10.2. The number of imidazole rings is 1. The molecule has 2 aromatic heterocycles. The molecule has 0 saturated carbocycles. The van der Waals surface area contributed by atoms with Crippen molar-refractivity contribution in [3.05, 3.63) is 64.1 Å². The lowest BCUT2D eigenvalue weighted by Crippen LogP contribution is -2.15. The summed E-state index contributed by atoms with van der Waals surface area (Å²) in [4.78, 5) is 15.8. The average Bonchev–Trinajstić information content (AvgIpc) is 2.87. The third-order valence-corrected chi connectivity index (χ3v) is 3.82. The van der Waals surface area contributed by atoms with Crippen molar-refractivity contribution >= 4 is 23.2 Å². The van der Waals surface area contributed by atoms with E-state index in [0.717, 1.165) is 12.1 Å². The number of hydrogen-bond donors (Lipinski definition) is 1. The number of carbonyl (C=O) groups is 1. The predicted molar refractivity (Wildman–Crippen MR) is 84.1 cm³/mol.